The molecule has 5 nitrogen and oxygen atoms in total. The molecule has 94 valence electrons. The summed E-state index contributed by atoms with van der Waals surface area (Å²) in [6.45, 7) is 3.70. The Morgan fingerprint density at radius 1 is 1.41 bits per heavy atom. The zero-order chi connectivity index (χ0) is 13.0. The van der Waals surface area contributed by atoms with Gasteiger partial charge in [-0.25, -0.2) is 4.79 Å². The van der Waals surface area contributed by atoms with Crippen LogP contribution in [0.3, 0.4) is 0 Å². The predicted octanol–water partition coefficient (Wildman–Crippen LogP) is 1.04. The fourth-order valence-electron chi connectivity index (χ4n) is 1.61. The van der Waals surface area contributed by atoms with Crippen molar-refractivity contribution in [2.75, 3.05) is 31.6 Å². The van der Waals surface area contributed by atoms with E-state index >= 15 is 0 Å². The monoisotopic (exact) mass is 237 g/mol. The number of aromatic carboxylic acids is 1. The molecule has 0 aliphatic rings. The average Bonchev–Trinajstić information content (AvgIpc) is 2.30. The third-order valence-electron chi connectivity index (χ3n) is 2.90. The largest absolute Gasteiger partial charge is 0.478 e. The fourth-order valence-corrected chi connectivity index (χ4v) is 1.61. The molecule has 0 bridgehead atoms. The summed E-state index contributed by atoms with van der Waals surface area (Å²) in [5.41, 5.74) is 13.2. The van der Waals surface area contributed by atoms with E-state index in [-0.39, 0.29) is 5.56 Å². The number of nitrogens with two attached hydrogens (primary N) is 2. The lowest BCUT2D eigenvalue weighted by atomic mass is 10.0. The van der Waals surface area contributed by atoms with Gasteiger partial charge in [-0.15, -0.1) is 0 Å². The van der Waals surface area contributed by atoms with Crippen LogP contribution in [0, 0.1) is 0 Å². The molecule has 0 atom stereocenters. The summed E-state index contributed by atoms with van der Waals surface area (Å²) in [5.74, 6) is -0.967. The Morgan fingerprint density at radius 3 is 2.59 bits per heavy atom. The average molecular weight is 237 g/mol. The summed E-state index contributed by atoms with van der Waals surface area (Å²) < 4.78 is 0. The third-order valence-corrected chi connectivity index (χ3v) is 2.90. The predicted molar refractivity (Wildman–Crippen MR) is 69.1 cm³/mol. The maximum absolute atomic E-state index is 11.1. The van der Waals surface area contributed by atoms with Crippen molar-refractivity contribution in [2.24, 2.45) is 0 Å². The van der Waals surface area contributed by atoms with E-state index in [4.69, 9.17) is 16.6 Å². The number of anilines is 2. The first kappa shape index (κ1) is 13.3. The van der Waals surface area contributed by atoms with Gasteiger partial charge in [0.1, 0.15) is 0 Å². The molecule has 0 aliphatic carbocycles. The highest BCUT2D eigenvalue weighted by Gasteiger charge is 2.14. The molecule has 0 spiro atoms. The van der Waals surface area contributed by atoms with Crippen LogP contribution in [-0.4, -0.2) is 36.1 Å². The number of carbonyl (C=O) groups is 1. The summed E-state index contributed by atoms with van der Waals surface area (Å²) in [6, 6.07) is 3.04. The van der Waals surface area contributed by atoms with E-state index in [1.165, 1.54) is 12.1 Å². The number of carboxylic acids is 1. The number of rotatable bonds is 5. The van der Waals surface area contributed by atoms with Gasteiger partial charge >= 0.3 is 5.97 Å². The van der Waals surface area contributed by atoms with E-state index in [2.05, 4.69) is 4.90 Å². The van der Waals surface area contributed by atoms with E-state index in [1.807, 2.05) is 14.0 Å². The van der Waals surface area contributed by atoms with Crippen molar-refractivity contribution in [2.45, 2.75) is 13.3 Å². The summed E-state index contributed by atoms with van der Waals surface area (Å²) >= 11 is 0. The summed E-state index contributed by atoms with van der Waals surface area (Å²) in [4.78, 5) is 13.2. The van der Waals surface area contributed by atoms with E-state index < -0.39 is 5.97 Å². The molecule has 0 heterocycles. The van der Waals surface area contributed by atoms with E-state index in [9.17, 15) is 4.79 Å². The topological polar surface area (TPSA) is 92.6 Å². The Labute approximate surface area is 101 Å². The highest BCUT2D eigenvalue weighted by Crippen LogP contribution is 2.24. The molecule has 5 N–H and O–H groups in total. The lowest BCUT2D eigenvalue weighted by Gasteiger charge is -2.16. The maximum atomic E-state index is 11.1. The van der Waals surface area contributed by atoms with Gasteiger partial charge in [0.2, 0.25) is 0 Å². The van der Waals surface area contributed by atoms with Gasteiger partial charge in [-0.1, -0.05) is 6.92 Å². The molecule has 0 fully saturated rings. The molecule has 17 heavy (non-hydrogen) atoms. The molecule has 1 rings (SSSR count). The first-order chi connectivity index (χ1) is 7.97. The number of nitrogen functional groups attached to an aromatic ring is 2. The van der Waals surface area contributed by atoms with Gasteiger partial charge in [-0.3, -0.25) is 0 Å². The third kappa shape index (κ3) is 3.10. The molecule has 0 aromatic heterocycles. The van der Waals surface area contributed by atoms with Crippen molar-refractivity contribution in [3.05, 3.63) is 23.3 Å². The highest BCUT2D eigenvalue weighted by atomic mass is 16.4. The van der Waals surface area contributed by atoms with E-state index in [0.29, 0.717) is 23.4 Å². The van der Waals surface area contributed by atoms with Crippen LogP contribution in [0.2, 0.25) is 0 Å². The Balaban J connectivity index is 3.02. The van der Waals surface area contributed by atoms with Gasteiger partial charge in [-0.05, 0) is 37.7 Å². The second kappa shape index (κ2) is 5.54. The molecular weight excluding hydrogens is 218 g/mol. The van der Waals surface area contributed by atoms with Crippen LogP contribution in [0.25, 0.3) is 0 Å². The standard InChI is InChI=1S/C12H19N3O2/c1-3-15(2)7-6-8-9(12(16)17)4-5-10(13)11(8)14/h4-5H,3,6-7,13-14H2,1-2H3,(H,16,17). The van der Waals surface area contributed by atoms with Crippen molar-refractivity contribution in [3.63, 3.8) is 0 Å². The van der Waals surface area contributed by atoms with Gasteiger partial charge in [-0.2, -0.15) is 0 Å². The van der Waals surface area contributed by atoms with Gasteiger partial charge in [0, 0.05) is 6.54 Å². The Kier molecular flexibility index (Phi) is 4.34. The van der Waals surface area contributed by atoms with Crippen LogP contribution in [0.4, 0.5) is 11.4 Å². The first-order valence-corrected chi connectivity index (χ1v) is 5.56. The number of benzene rings is 1. The first-order valence-electron chi connectivity index (χ1n) is 5.56. The van der Waals surface area contributed by atoms with Crippen molar-refractivity contribution in [1.82, 2.24) is 4.90 Å². The lowest BCUT2D eigenvalue weighted by molar-refractivity contribution is 0.0695. The molecule has 0 aliphatic heterocycles. The number of hydrogen-bond donors (Lipinski definition) is 3. The van der Waals surface area contributed by atoms with Crippen LogP contribution in [0.5, 0.6) is 0 Å². The van der Waals surface area contributed by atoms with Crippen molar-refractivity contribution in [3.8, 4) is 0 Å². The molecule has 1 aromatic carbocycles. The number of hydrogen-bond acceptors (Lipinski definition) is 4. The molecule has 0 amide bonds. The van der Waals surface area contributed by atoms with Crippen LogP contribution in [0.15, 0.2) is 12.1 Å². The van der Waals surface area contributed by atoms with Gasteiger partial charge in [0.05, 0.1) is 16.9 Å². The number of likely N-dealkylation sites (N-methyl/N-ethyl adjacent to an activating group) is 1. The second-order valence-electron chi connectivity index (χ2n) is 4.05. The zero-order valence-electron chi connectivity index (χ0n) is 10.2. The van der Waals surface area contributed by atoms with Crippen LogP contribution in [-0.2, 0) is 6.42 Å². The normalized spacial score (nSPS) is 10.8. The molecule has 0 unspecified atom stereocenters. The van der Waals surface area contributed by atoms with Crippen LogP contribution >= 0.6 is 0 Å². The van der Waals surface area contributed by atoms with E-state index in [0.717, 1.165) is 13.1 Å². The second-order valence-corrected chi connectivity index (χ2v) is 4.05. The quantitative estimate of drug-likeness (QED) is 0.665. The Hall–Kier alpha value is -1.75. The number of nitrogens with zero attached hydrogens (tertiary/aromatic N) is 1. The van der Waals surface area contributed by atoms with Gasteiger partial charge in [0.15, 0.2) is 0 Å². The fraction of sp³-hybridized carbons (Fsp3) is 0.417. The maximum Gasteiger partial charge on any atom is 0.336 e. The number of carboxylic acid groups (broad SMARTS) is 1. The molecule has 5 heteroatoms. The summed E-state index contributed by atoms with van der Waals surface area (Å²) in [7, 11) is 1.98. The Bertz CT molecular complexity index is 418. The summed E-state index contributed by atoms with van der Waals surface area (Å²) in [5, 5.41) is 9.09. The lowest BCUT2D eigenvalue weighted by Crippen LogP contribution is -2.22. The SMILES string of the molecule is CCN(C)CCc1c(C(=O)O)ccc(N)c1N. The molecule has 0 saturated heterocycles. The Morgan fingerprint density at radius 2 is 2.06 bits per heavy atom. The van der Waals surface area contributed by atoms with Crippen LogP contribution in [0.1, 0.15) is 22.8 Å². The van der Waals surface area contributed by atoms with Gasteiger partial charge < -0.3 is 21.5 Å². The molecule has 1 aromatic rings. The van der Waals surface area contributed by atoms with Crippen molar-refractivity contribution < 1.29 is 9.90 Å². The van der Waals surface area contributed by atoms with Crippen LogP contribution < -0.4 is 11.5 Å². The minimum Gasteiger partial charge on any atom is -0.478 e. The van der Waals surface area contributed by atoms with E-state index in [1.54, 1.807) is 0 Å². The van der Waals surface area contributed by atoms with Crippen molar-refractivity contribution >= 4 is 17.3 Å². The highest BCUT2D eigenvalue weighted by molar-refractivity contribution is 5.93. The minimum absolute atomic E-state index is 0.237. The zero-order valence-corrected chi connectivity index (χ0v) is 10.2. The van der Waals surface area contributed by atoms with Crippen molar-refractivity contribution in [1.29, 1.82) is 0 Å². The van der Waals surface area contributed by atoms with Gasteiger partial charge in [0.25, 0.3) is 0 Å². The molecular formula is C12H19N3O2. The smallest absolute Gasteiger partial charge is 0.336 e. The minimum atomic E-state index is -0.967. The summed E-state index contributed by atoms with van der Waals surface area (Å²) in [6.07, 6.45) is 0.586. The molecule has 0 saturated carbocycles. The molecule has 0 radical (unpaired) electrons.